The minimum Gasteiger partial charge on any atom is -0.348 e. The Labute approximate surface area is 114 Å². The van der Waals surface area contributed by atoms with Gasteiger partial charge in [0.05, 0.1) is 8.66 Å². The van der Waals surface area contributed by atoms with Crippen LogP contribution >= 0.6 is 27.3 Å². The molecule has 1 aromatic heterocycles. The van der Waals surface area contributed by atoms with E-state index in [9.17, 15) is 4.79 Å². The van der Waals surface area contributed by atoms with Gasteiger partial charge in [0.2, 0.25) is 0 Å². The van der Waals surface area contributed by atoms with E-state index >= 15 is 0 Å². The fourth-order valence-electron chi connectivity index (χ4n) is 2.36. The van der Waals surface area contributed by atoms with Crippen LogP contribution < -0.4 is 11.1 Å². The van der Waals surface area contributed by atoms with Crippen LogP contribution in [0.25, 0.3) is 0 Å². The molecule has 3 nitrogen and oxygen atoms in total. The molecule has 2 unspecified atom stereocenters. The van der Waals surface area contributed by atoms with E-state index in [-0.39, 0.29) is 11.9 Å². The Kier molecular flexibility index (Phi) is 4.59. The van der Waals surface area contributed by atoms with Gasteiger partial charge in [-0.1, -0.05) is 12.8 Å². The first-order valence-corrected chi connectivity index (χ1v) is 7.58. The van der Waals surface area contributed by atoms with Crippen molar-refractivity contribution in [1.29, 1.82) is 0 Å². The number of nitrogens with two attached hydrogens (primary N) is 1. The third-order valence-corrected chi connectivity index (χ3v) is 4.95. The summed E-state index contributed by atoms with van der Waals surface area (Å²) in [5, 5.41) is 3.12. The minimum atomic E-state index is 0.0334. The highest BCUT2D eigenvalue weighted by Gasteiger charge is 2.25. The molecule has 1 heterocycles. The highest BCUT2D eigenvalue weighted by molar-refractivity contribution is 9.11. The maximum absolute atomic E-state index is 12.0. The molecule has 5 heteroatoms. The van der Waals surface area contributed by atoms with Crippen LogP contribution in [0, 0.1) is 5.92 Å². The van der Waals surface area contributed by atoms with Crippen molar-refractivity contribution in [2.45, 2.75) is 31.7 Å². The number of hydrogen-bond acceptors (Lipinski definition) is 3. The van der Waals surface area contributed by atoms with E-state index in [1.54, 1.807) is 0 Å². The van der Waals surface area contributed by atoms with Crippen molar-refractivity contribution < 1.29 is 4.79 Å². The Balaban J connectivity index is 1.97. The average Bonchev–Trinajstić information content (AvgIpc) is 2.77. The molecule has 94 valence electrons. The molecule has 1 fully saturated rings. The summed E-state index contributed by atoms with van der Waals surface area (Å²) in [7, 11) is 0. The van der Waals surface area contributed by atoms with Crippen molar-refractivity contribution in [2.75, 3.05) is 6.54 Å². The lowest BCUT2D eigenvalue weighted by Gasteiger charge is -2.31. The zero-order chi connectivity index (χ0) is 12.3. The number of thiophene rings is 1. The summed E-state index contributed by atoms with van der Waals surface area (Å²) in [6.45, 7) is 0.666. The van der Waals surface area contributed by atoms with Gasteiger partial charge in [0.15, 0.2) is 0 Å². The van der Waals surface area contributed by atoms with Gasteiger partial charge in [-0.05, 0) is 53.4 Å². The number of hydrogen-bond donors (Lipinski definition) is 2. The normalized spacial score (nSPS) is 24.6. The summed E-state index contributed by atoms with van der Waals surface area (Å²) in [6.07, 6.45) is 4.62. The van der Waals surface area contributed by atoms with Gasteiger partial charge in [-0.25, -0.2) is 0 Å². The number of nitrogens with one attached hydrogen (secondary N) is 1. The molecule has 0 saturated heterocycles. The van der Waals surface area contributed by atoms with Crippen molar-refractivity contribution >= 4 is 33.2 Å². The second-order valence-electron chi connectivity index (χ2n) is 4.46. The molecule has 0 aliphatic heterocycles. The lowest BCUT2D eigenvalue weighted by molar-refractivity contribution is 0.0912. The molecule has 0 spiro atoms. The van der Waals surface area contributed by atoms with Crippen LogP contribution in [0.5, 0.6) is 0 Å². The highest BCUT2D eigenvalue weighted by Crippen LogP contribution is 2.25. The zero-order valence-corrected chi connectivity index (χ0v) is 12.0. The number of rotatable bonds is 3. The van der Waals surface area contributed by atoms with Crippen LogP contribution in [-0.2, 0) is 0 Å². The quantitative estimate of drug-likeness (QED) is 0.901. The average molecular weight is 317 g/mol. The SMILES string of the molecule is NCC1CCCCC1NC(=O)c1ccc(Br)s1. The maximum atomic E-state index is 12.0. The zero-order valence-electron chi connectivity index (χ0n) is 9.62. The summed E-state index contributed by atoms with van der Waals surface area (Å²) < 4.78 is 0.988. The standard InChI is InChI=1S/C12H17BrN2OS/c13-11-6-5-10(17-11)12(16)15-9-4-2-1-3-8(9)7-14/h5-6,8-9H,1-4,7,14H2,(H,15,16). The Morgan fingerprint density at radius 2 is 2.24 bits per heavy atom. The largest absolute Gasteiger partial charge is 0.348 e. The van der Waals surface area contributed by atoms with Gasteiger partial charge in [-0.2, -0.15) is 0 Å². The Hall–Kier alpha value is -0.390. The second-order valence-corrected chi connectivity index (χ2v) is 6.93. The first-order chi connectivity index (χ1) is 8.20. The van der Waals surface area contributed by atoms with Crippen LogP contribution in [0.4, 0.5) is 0 Å². The molecule has 0 radical (unpaired) electrons. The van der Waals surface area contributed by atoms with Crippen molar-refractivity contribution in [3.8, 4) is 0 Å². The molecule has 1 aliphatic rings. The number of amides is 1. The van der Waals surface area contributed by atoms with Gasteiger partial charge in [0.1, 0.15) is 0 Å². The molecular formula is C12H17BrN2OS. The Morgan fingerprint density at radius 3 is 2.88 bits per heavy atom. The lowest BCUT2D eigenvalue weighted by atomic mass is 9.84. The predicted octanol–water partition coefficient (Wildman–Crippen LogP) is 2.76. The van der Waals surface area contributed by atoms with Crippen LogP contribution in [0.3, 0.4) is 0 Å². The van der Waals surface area contributed by atoms with Crippen LogP contribution in [0.1, 0.15) is 35.4 Å². The maximum Gasteiger partial charge on any atom is 0.261 e. The van der Waals surface area contributed by atoms with Gasteiger partial charge < -0.3 is 11.1 Å². The minimum absolute atomic E-state index is 0.0334. The van der Waals surface area contributed by atoms with Crippen molar-refractivity contribution in [3.05, 3.63) is 20.8 Å². The summed E-state index contributed by atoms with van der Waals surface area (Å²) in [5.41, 5.74) is 5.76. The highest BCUT2D eigenvalue weighted by atomic mass is 79.9. The van der Waals surface area contributed by atoms with Gasteiger partial charge in [0.25, 0.3) is 5.91 Å². The van der Waals surface area contributed by atoms with Crippen LogP contribution in [-0.4, -0.2) is 18.5 Å². The molecule has 0 aromatic carbocycles. The topological polar surface area (TPSA) is 55.1 Å². The molecule has 1 amide bonds. The monoisotopic (exact) mass is 316 g/mol. The van der Waals surface area contributed by atoms with E-state index in [1.165, 1.54) is 24.2 Å². The van der Waals surface area contributed by atoms with Crippen LogP contribution in [0.2, 0.25) is 0 Å². The summed E-state index contributed by atoms with van der Waals surface area (Å²) in [5.74, 6) is 0.474. The molecule has 3 N–H and O–H groups in total. The molecule has 17 heavy (non-hydrogen) atoms. The summed E-state index contributed by atoms with van der Waals surface area (Å²) in [6, 6.07) is 4.01. The number of halogens is 1. The fraction of sp³-hybridized carbons (Fsp3) is 0.583. The first-order valence-electron chi connectivity index (χ1n) is 5.97. The third kappa shape index (κ3) is 3.30. The number of carbonyl (C=O) groups is 1. The van der Waals surface area contributed by atoms with Gasteiger partial charge >= 0.3 is 0 Å². The van der Waals surface area contributed by atoms with Crippen molar-refractivity contribution in [3.63, 3.8) is 0 Å². The fourth-order valence-corrected chi connectivity index (χ4v) is 3.64. The van der Waals surface area contributed by atoms with E-state index in [2.05, 4.69) is 21.2 Å². The van der Waals surface area contributed by atoms with Crippen molar-refractivity contribution in [1.82, 2.24) is 5.32 Å². The molecule has 2 atom stereocenters. The Morgan fingerprint density at radius 1 is 1.47 bits per heavy atom. The predicted molar refractivity (Wildman–Crippen MR) is 74.3 cm³/mol. The molecule has 1 saturated carbocycles. The molecule has 1 aliphatic carbocycles. The van der Waals surface area contributed by atoms with E-state index in [0.717, 1.165) is 21.5 Å². The van der Waals surface area contributed by atoms with E-state index in [1.807, 2.05) is 12.1 Å². The summed E-state index contributed by atoms with van der Waals surface area (Å²) in [4.78, 5) is 12.8. The number of carbonyl (C=O) groups excluding carboxylic acids is 1. The van der Waals surface area contributed by atoms with Crippen LogP contribution in [0.15, 0.2) is 15.9 Å². The summed E-state index contributed by atoms with van der Waals surface area (Å²) >= 11 is 4.84. The van der Waals surface area contributed by atoms with Gasteiger partial charge in [-0.15, -0.1) is 11.3 Å². The third-order valence-electron chi connectivity index (χ3n) is 3.33. The van der Waals surface area contributed by atoms with E-state index < -0.39 is 0 Å². The molecular weight excluding hydrogens is 300 g/mol. The molecule has 2 rings (SSSR count). The first kappa shape index (κ1) is 13.1. The van der Waals surface area contributed by atoms with Gasteiger partial charge in [0, 0.05) is 6.04 Å². The van der Waals surface area contributed by atoms with E-state index in [0.29, 0.717) is 12.5 Å². The lowest BCUT2D eigenvalue weighted by Crippen LogP contribution is -2.44. The Bertz CT molecular complexity index is 394. The van der Waals surface area contributed by atoms with Crippen molar-refractivity contribution in [2.24, 2.45) is 11.7 Å². The van der Waals surface area contributed by atoms with Gasteiger partial charge in [-0.3, -0.25) is 4.79 Å². The molecule has 1 aromatic rings. The smallest absolute Gasteiger partial charge is 0.261 e. The second kappa shape index (κ2) is 5.98. The van der Waals surface area contributed by atoms with E-state index in [4.69, 9.17) is 5.73 Å². The molecule has 0 bridgehead atoms.